The number of anilines is 1. The molecule has 0 fully saturated rings. The smallest absolute Gasteiger partial charge is 0.341 e. The molecule has 3 aromatic rings. The molecule has 0 unspecified atom stereocenters. The third-order valence-corrected chi connectivity index (χ3v) is 6.86. The Morgan fingerprint density at radius 3 is 2.69 bits per heavy atom. The van der Waals surface area contributed by atoms with E-state index in [9.17, 15) is 25.0 Å². The second-order valence-corrected chi connectivity index (χ2v) is 8.94. The van der Waals surface area contributed by atoms with Gasteiger partial charge < -0.3 is 14.6 Å². The Hall–Kier alpha value is -4.23. The zero-order chi connectivity index (χ0) is 24.9. The summed E-state index contributed by atoms with van der Waals surface area (Å²) in [6.45, 7) is 1.95. The van der Waals surface area contributed by atoms with E-state index in [1.165, 1.54) is 29.5 Å². The molecule has 0 bridgehead atoms. The maximum absolute atomic E-state index is 13.1. The average molecular weight is 491 g/mol. The summed E-state index contributed by atoms with van der Waals surface area (Å²) in [4.78, 5) is 37.2. The monoisotopic (exact) mass is 490 g/mol. The molecule has 0 radical (unpaired) electrons. The molecule has 2 heterocycles. The number of benzene rings is 1. The number of nitro groups is 1. The number of esters is 1. The fourth-order valence-electron chi connectivity index (χ4n) is 4.02. The van der Waals surface area contributed by atoms with Crippen LogP contribution < -0.4 is 5.32 Å². The van der Waals surface area contributed by atoms with Crippen LogP contribution in [0.15, 0.2) is 48.2 Å². The summed E-state index contributed by atoms with van der Waals surface area (Å²) in [5.41, 5.74) is 2.30. The van der Waals surface area contributed by atoms with Gasteiger partial charge in [0.15, 0.2) is 0 Å². The van der Waals surface area contributed by atoms with Crippen molar-refractivity contribution < 1.29 is 19.2 Å². The number of aromatic nitrogens is 1. The minimum atomic E-state index is -0.631. The van der Waals surface area contributed by atoms with Gasteiger partial charge in [0.2, 0.25) is 0 Å². The van der Waals surface area contributed by atoms with Crippen molar-refractivity contribution in [1.29, 1.82) is 5.26 Å². The summed E-state index contributed by atoms with van der Waals surface area (Å²) < 4.78 is 6.94. The molecule has 2 aromatic heterocycles. The van der Waals surface area contributed by atoms with Crippen LogP contribution in [-0.2, 0) is 22.4 Å². The van der Waals surface area contributed by atoms with E-state index in [1.54, 1.807) is 42.0 Å². The minimum Gasteiger partial charge on any atom is -0.462 e. The number of carbonyl (C=O) groups is 2. The summed E-state index contributed by atoms with van der Waals surface area (Å²) in [6, 6.07) is 11.3. The number of nitrogens with one attached hydrogen (secondary N) is 1. The van der Waals surface area contributed by atoms with Gasteiger partial charge in [0.25, 0.3) is 11.6 Å². The number of hydrogen-bond acceptors (Lipinski definition) is 7. The lowest BCUT2D eigenvalue weighted by Crippen LogP contribution is -2.17. The van der Waals surface area contributed by atoms with E-state index in [4.69, 9.17) is 4.74 Å². The molecular formula is C25H22N4O5S. The molecule has 0 spiro atoms. The standard InChI is InChI=1S/C25H22N4O5S/c1-2-34-25(31)22-20-7-3-4-8-21(20)35-24(22)27-23(30)16(15-26)14-19-6-5-13-28(19)17-9-11-18(12-10-17)29(32)33/h5-6,9-14H,2-4,7-8H2,1H3,(H,27,30)/b16-14-. The predicted octanol–water partition coefficient (Wildman–Crippen LogP) is 5.05. The molecule has 9 nitrogen and oxygen atoms in total. The van der Waals surface area contributed by atoms with Crippen molar-refractivity contribution in [2.45, 2.75) is 32.6 Å². The Balaban J connectivity index is 1.63. The molecule has 0 atom stereocenters. The molecule has 1 aliphatic carbocycles. The summed E-state index contributed by atoms with van der Waals surface area (Å²) in [5, 5.41) is 23.8. The summed E-state index contributed by atoms with van der Waals surface area (Å²) >= 11 is 1.35. The van der Waals surface area contributed by atoms with E-state index in [0.29, 0.717) is 21.9 Å². The van der Waals surface area contributed by atoms with Gasteiger partial charge in [0.05, 0.1) is 17.1 Å². The lowest BCUT2D eigenvalue weighted by atomic mass is 9.95. The Labute approximate surface area is 205 Å². The third kappa shape index (κ3) is 5.00. The normalized spacial score (nSPS) is 13.0. The molecule has 1 amide bonds. The Bertz CT molecular complexity index is 1360. The van der Waals surface area contributed by atoms with Gasteiger partial charge in [-0.05, 0) is 68.5 Å². The second-order valence-electron chi connectivity index (χ2n) is 7.84. The molecule has 0 aliphatic heterocycles. The zero-order valence-electron chi connectivity index (χ0n) is 18.9. The van der Waals surface area contributed by atoms with E-state index >= 15 is 0 Å². The number of amides is 1. The van der Waals surface area contributed by atoms with Crippen molar-refractivity contribution in [1.82, 2.24) is 4.57 Å². The number of non-ortho nitro benzene ring substituents is 1. The van der Waals surface area contributed by atoms with Crippen LogP contribution in [0.5, 0.6) is 0 Å². The van der Waals surface area contributed by atoms with Crippen molar-refractivity contribution in [2.75, 3.05) is 11.9 Å². The van der Waals surface area contributed by atoms with E-state index in [-0.39, 0.29) is 17.9 Å². The van der Waals surface area contributed by atoms with E-state index in [2.05, 4.69) is 5.32 Å². The third-order valence-electron chi connectivity index (χ3n) is 5.65. The molecule has 4 rings (SSSR count). The fraction of sp³-hybridized carbons (Fsp3) is 0.240. The maximum atomic E-state index is 13.1. The highest BCUT2D eigenvalue weighted by atomic mass is 32.1. The van der Waals surface area contributed by atoms with Crippen molar-refractivity contribution in [2.24, 2.45) is 0 Å². The molecule has 1 aromatic carbocycles. The first-order valence-corrected chi connectivity index (χ1v) is 11.9. The maximum Gasteiger partial charge on any atom is 0.341 e. The number of aryl methyl sites for hydroxylation is 1. The molecule has 0 saturated carbocycles. The van der Waals surface area contributed by atoms with Crippen LogP contribution in [0.1, 0.15) is 46.3 Å². The zero-order valence-corrected chi connectivity index (χ0v) is 19.8. The van der Waals surface area contributed by atoms with Gasteiger partial charge in [-0.15, -0.1) is 11.3 Å². The van der Waals surface area contributed by atoms with Crippen LogP contribution in [0.25, 0.3) is 11.8 Å². The fourth-order valence-corrected chi connectivity index (χ4v) is 5.29. The summed E-state index contributed by atoms with van der Waals surface area (Å²) in [6.07, 6.45) is 6.74. The number of ether oxygens (including phenoxy) is 1. The van der Waals surface area contributed by atoms with Crippen LogP contribution in [0.2, 0.25) is 0 Å². The number of fused-ring (bicyclic) bond motifs is 1. The van der Waals surface area contributed by atoms with Gasteiger partial charge in [-0.1, -0.05) is 0 Å². The quantitative estimate of drug-likeness (QED) is 0.162. The van der Waals surface area contributed by atoms with Crippen molar-refractivity contribution >= 4 is 40.0 Å². The molecule has 1 aliphatic rings. The van der Waals surface area contributed by atoms with Crippen LogP contribution in [-0.4, -0.2) is 28.0 Å². The van der Waals surface area contributed by atoms with Gasteiger partial charge in [0, 0.05) is 34.6 Å². The van der Waals surface area contributed by atoms with Gasteiger partial charge in [0.1, 0.15) is 16.6 Å². The topological polar surface area (TPSA) is 127 Å². The number of nitriles is 1. The summed E-state index contributed by atoms with van der Waals surface area (Å²) in [7, 11) is 0. The first-order chi connectivity index (χ1) is 16.9. The van der Waals surface area contributed by atoms with Gasteiger partial charge in [-0.25, -0.2) is 4.79 Å². The van der Waals surface area contributed by atoms with Crippen LogP contribution in [0, 0.1) is 21.4 Å². The van der Waals surface area contributed by atoms with E-state index in [1.807, 2.05) is 6.07 Å². The summed E-state index contributed by atoms with van der Waals surface area (Å²) in [5.74, 6) is -1.11. The number of thiophene rings is 1. The van der Waals surface area contributed by atoms with E-state index < -0.39 is 16.8 Å². The number of rotatable bonds is 7. The Kier molecular flexibility index (Phi) is 7.08. The number of carbonyl (C=O) groups excluding carboxylic acids is 2. The first kappa shape index (κ1) is 23.9. The molecule has 10 heteroatoms. The molecule has 178 valence electrons. The van der Waals surface area contributed by atoms with Crippen LogP contribution in [0.4, 0.5) is 10.7 Å². The van der Waals surface area contributed by atoms with Crippen molar-refractivity contribution in [3.05, 3.63) is 80.0 Å². The van der Waals surface area contributed by atoms with Gasteiger partial charge in [-0.3, -0.25) is 14.9 Å². The molecule has 0 saturated heterocycles. The highest BCUT2D eigenvalue weighted by Crippen LogP contribution is 2.38. The lowest BCUT2D eigenvalue weighted by Gasteiger charge is -2.12. The Morgan fingerprint density at radius 2 is 2.00 bits per heavy atom. The average Bonchev–Trinajstić information content (AvgIpc) is 3.46. The molecular weight excluding hydrogens is 468 g/mol. The van der Waals surface area contributed by atoms with Gasteiger partial charge in [-0.2, -0.15) is 5.26 Å². The van der Waals surface area contributed by atoms with Crippen molar-refractivity contribution in [3.8, 4) is 11.8 Å². The predicted molar refractivity (Wildman–Crippen MR) is 132 cm³/mol. The number of nitro benzene ring substituents is 1. The highest BCUT2D eigenvalue weighted by Gasteiger charge is 2.28. The molecule has 35 heavy (non-hydrogen) atoms. The number of nitrogens with zero attached hydrogens (tertiary/aromatic N) is 3. The van der Waals surface area contributed by atoms with Gasteiger partial charge >= 0.3 is 5.97 Å². The minimum absolute atomic E-state index is 0.0360. The lowest BCUT2D eigenvalue weighted by molar-refractivity contribution is -0.384. The first-order valence-electron chi connectivity index (χ1n) is 11.1. The SMILES string of the molecule is CCOC(=O)c1c(NC(=O)/C(C#N)=C\c2cccn2-c2ccc([N+](=O)[O-])cc2)sc2c1CCCC2. The largest absolute Gasteiger partial charge is 0.462 e. The highest BCUT2D eigenvalue weighted by molar-refractivity contribution is 7.17. The second kappa shape index (κ2) is 10.4. The van der Waals surface area contributed by atoms with Crippen LogP contribution in [0.3, 0.4) is 0 Å². The molecule has 1 N–H and O–H groups in total. The number of hydrogen-bond donors (Lipinski definition) is 1. The van der Waals surface area contributed by atoms with Crippen molar-refractivity contribution in [3.63, 3.8) is 0 Å². The van der Waals surface area contributed by atoms with E-state index in [0.717, 1.165) is 36.1 Å². The van der Waals surface area contributed by atoms with Crippen LogP contribution >= 0.6 is 11.3 Å². The Morgan fingerprint density at radius 1 is 1.26 bits per heavy atom.